The zero-order valence-corrected chi connectivity index (χ0v) is 6.81. The van der Waals surface area contributed by atoms with Crippen LogP contribution < -0.4 is 0 Å². The summed E-state index contributed by atoms with van der Waals surface area (Å²) in [5, 5.41) is 2.33. The summed E-state index contributed by atoms with van der Waals surface area (Å²) < 4.78 is 49.1. The number of rotatable bonds is 2. The van der Waals surface area contributed by atoms with Crippen LogP contribution in [0.15, 0.2) is 23.4 Å². The molecule has 1 aromatic carbocycles. The molecule has 1 rings (SSSR count). The predicted molar refractivity (Wildman–Crippen MR) is 40.9 cm³/mol. The molecule has 0 radical (unpaired) electrons. The van der Waals surface area contributed by atoms with Crippen LogP contribution in [0.1, 0.15) is 11.1 Å². The maximum atomic E-state index is 12.8. The Morgan fingerprint density at radius 3 is 2.43 bits per heavy atom. The summed E-state index contributed by atoms with van der Waals surface area (Å²) in [6, 6.07) is 1.86. The van der Waals surface area contributed by atoms with Crippen LogP contribution in [0.3, 0.4) is 0 Å². The van der Waals surface area contributed by atoms with Gasteiger partial charge in [-0.1, -0.05) is 5.18 Å². The van der Waals surface area contributed by atoms with Crippen molar-refractivity contribution in [3.8, 4) is 0 Å². The number of halogens is 4. The molecule has 0 saturated carbocycles. The molecule has 0 amide bonds. The molecule has 0 N–H and O–H groups in total. The summed E-state index contributed by atoms with van der Waals surface area (Å²) >= 11 is 0. The lowest BCUT2D eigenvalue weighted by atomic mass is 10.1. The Labute approximate surface area is 76.5 Å². The quantitative estimate of drug-likeness (QED) is 0.541. The summed E-state index contributed by atoms with van der Waals surface area (Å²) in [5.74, 6) is -0.863. The molecule has 2 nitrogen and oxygen atoms in total. The van der Waals surface area contributed by atoms with Crippen molar-refractivity contribution in [2.45, 2.75) is 12.7 Å². The van der Waals surface area contributed by atoms with E-state index in [1.54, 1.807) is 0 Å². The summed E-state index contributed by atoms with van der Waals surface area (Å²) in [6.45, 7) is -0.601. The van der Waals surface area contributed by atoms with Crippen molar-refractivity contribution in [2.75, 3.05) is 0 Å². The highest BCUT2D eigenvalue weighted by molar-refractivity contribution is 5.27. The van der Waals surface area contributed by atoms with E-state index in [1.165, 1.54) is 0 Å². The Morgan fingerprint density at radius 2 is 1.93 bits per heavy atom. The maximum absolute atomic E-state index is 12.8. The van der Waals surface area contributed by atoms with E-state index in [9.17, 15) is 22.5 Å². The zero-order valence-electron chi connectivity index (χ0n) is 6.81. The Hall–Kier alpha value is -1.46. The SMILES string of the molecule is O=NCc1cc(C(F)(F)F)ccc1F. The highest BCUT2D eigenvalue weighted by atomic mass is 19.4. The molecular weight excluding hydrogens is 202 g/mol. The smallest absolute Gasteiger partial charge is 0.207 e. The molecule has 0 aromatic heterocycles. The van der Waals surface area contributed by atoms with Crippen molar-refractivity contribution in [1.29, 1.82) is 0 Å². The van der Waals surface area contributed by atoms with E-state index >= 15 is 0 Å². The van der Waals surface area contributed by atoms with Gasteiger partial charge >= 0.3 is 6.18 Å². The average Bonchev–Trinajstić information content (AvgIpc) is 2.07. The minimum absolute atomic E-state index is 0.352. The summed E-state index contributed by atoms with van der Waals surface area (Å²) in [5.41, 5.74) is -1.34. The van der Waals surface area contributed by atoms with Gasteiger partial charge in [0.1, 0.15) is 12.4 Å². The molecule has 0 aliphatic heterocycles. The Kier molecular flexibility index (Phi) is 2.83. The van der Waals surface area contributed by atoms with Crippen LogP contribution in [0.4, 0.5) is 17.6 Å². The van der Waals surface area contributed by atoms with Crippen LogP contribution in [0.2, 0.25) is 0 Å². The van der Waals surface area contributed by atoms with Crippen LogP contribution in [-0.2, 0) is 12.7 Å². The van der Waals surface area contributed by atoms with E-state index in [0.717, 1.165) is 0 Å². The second-order valence-electron chi connectivity index (χ2n) is 2.59. The fourth-order valence-electron chi connectivity index (χ4n) is 0.942. The zero-order chi connectivity index (χ0) is 10.8. The Balaban J connectivity index is 3.12. The molecule has 76 valence electrons. The highest BCUT2D eigenvalue weighted by Crippen LogP contribution is 2.30. The molecule has 1 aromatic rings. The first kappa shape index (κ1) is 10.6. The van der Waals surface area contributed by atoms with Gasteiger partial charge in [-0.25, -0.2) is 4.39 Å². The molecule has 14 heavy (non-hydrogen) atoms. The van der Waals surface area contributed by atoms with Crippen LogP contribution >= 0.6 is 0 Å². The topological polar surface area (TPSA) is 29.4 Å². The maximum Gasteiger partial charge on any atom is 0.416 e. The van der Waals surface area contributed by atoms with Crippen molar-refractivity contribution in [2.24, 2.45) is 5.18 Å². The number of hydrogen-bond donors (Lipinski definition) is 0. The largest absolute Gasteiger partial charge is 0.416 e. The third-order valence-corrected chi connectivity index (χ3v) is 1.61. The molecule has 0 aliphatic rings. The van der Waals surface area contributed by atoms with Gasteiger partial charge in [-0.2, -0.15) is 18.1 Å². The number of benzene rings is 1. The van der Waals surface area contributed by atoms with Gasteiger partial charge in [0.15, 0.2) is 0 Å². The van der Waals surface area contributed by atoms with Gasteiger partial charge in [0.25, 0.3) is 0 Å². The average molecular weight is 207 g/mol. The lowest BCUT2D eigenvalue weighted by Gasteiger charge is -2.07. The fraction of sp³-hybridized carbons (Fsp3) is 0.250. The number of nitroso groups, excluding NO2 is 1. The second kappa shape index (κ2) is 3.73. The molecule has 0 fully saturated rings. The van der Waals surface area contributed by atoms with Gasteiger partial charge in [-0.15, -0.1) is 0 Å². The molecule has 0 bridgehead atoms. The molecule has 6 heteroatoms. The summed E-state index contributed by atoms with van der Waals surface area (Å²) in [4.78, 5) is 9.79. The van der Waals surface area contributed by atoms with Crippen molar-refractivity contribution in [1.82, 2.24) is 0 Å². The monoisotopic (exact) mass is 207 g/mol. The van der Waals surface area contributed by atoms with Gasteiger partial charge in [0, 0.05) is 5.56 Å². The van der Waals surface area contributed by atoms with E-state index < -0.39 is 24.1 Å². The lowest BCUT2D eigenvalue weighted by Crippen LogP contribution is -2.06. The van der Waals surface area contributed by atoms with Crippen LogP contribution in [0, 0.1) is 10.7 Å². The Morgan fingerprint density at radius 1 is 1.29 bits per heavy atom. The summed E-state index contributed by atoms with van der Waals surface area (Å²) in [6.07, 6.45) is -4.54. The van der Waals surface area contributed by atoms with Crippen molar-refractivity contribution in [3.05, 3.63) is 40.1 Å². The number of hydrogen-bond acceptors (Lipinski definition) is 2. The second-order valence-corrected chi connectivity index (χ2v) is 2.59. The molecule has 0 spiro atoms. The van der Waals surface area contributed by atoms with Gasteiger partial charge < -0.3 is 0 Å². The first-order valence-corrected chi connectivity index (χ1v) is 3.60. The van der Waals surface area contributed by atoms with Crippen molar-refractivity contribution >= 4 is 0 Å². The van der Waals surface area contributed by atoms with Crippen LogP contribution in [-0.4, -0.2) is 0 Å². The van der Waals surface area contributed by atoms with Crippen LogP contribution in [0.25, 0.3) is 0 Å². The standard InChI is InChI=1S/C8H5F4NO/c9-7-2-1-6(8(10,11)12)3-5(7)4-13-14/h1-3H,4H2. The fourth-order valence-corrected chi connectivity index (χ4v) is 0.942. The minimum Gasteiger partial charge on any atom is -0.207 e. The first-order chi connectivity index (χ1) is 6.45. The third-order valence-electron chi connectivity index (χ3n) is 1.61. The molecule has 0 saturated heterocycles. The van der Waals surface area contributed by atoms with E-state index in [-0.39, 0.29) is 5.56 Å². The van der Waals surface area contributed by atoms with E-state index in [0.29, 0.717) is 18.2 Å². The highest BCUT2D eigenvalue weighted by Gasteiger charge is 2.30. The van der Waals surface area contributed by atoms with E-state index in [1.807, 2.05) is 0 Å². The minimum atomic E-state index is -4.54. The van der Waals surface area contributed by atoms with Crippen LogP contribution in [0.5, 0.6) is 0 Å². The lowest BCUT2D eigenvalue weighted by molar-refractivity contribution is -0.137. The van der Waals surface area contributed by atoms with Gasteiger partial charge in [0.2, 0.25) is 0 Å². The molecule has 0 aliphatic carbocycles. The molecular formula is C8H5F4NO. The predicted octanol–water partition coefficient (Wildman–Crippen LogP) is 3.11. The van der Waals surface area contributed by atoms with Crippen molar-refractivity contribution < 1.29 is 17.6 Å². The van der Waals surface area contributed by atoms with Gasteiger partial charge in [-0.3, -0.25) is 0 Å². The number of nitrogens with zero attached hydrogens (tertiary/aromatic N) is 1. The number of alkyl halides is 3. The molecule has 0 atom stereocenters. The van der Waals surface area contributed by atoms with Crippen molar-refractivity contribution in [3.63, 3.8) is 0 Å². The van der Waals surface area contributed by atoms with Gasteiger partial charge in [-0.05, 0) is 18.2 Å². The molecule has 0 heterocycles. The summed E-state index contributed by atoms with van der Waals surface area (Å²) in [7, 11) is 0. The Bertz CT molecular complexity index is 348. The molecule has 0 unspecified atom stereocenters. The first-order valence-electron chi connectivity index (χ1n) is 3.60. The normalized spacial score (nSPS) is 11.4. The van der Waals surface area contributed by atoms with E-state index in [2.05, 4.69) is 5.18 Å². The van der Waals surface area contributed by atoms with E-state index in [4.69, 9.17) is 0 Å². The van der Waals surface area contributed by atoms with Gasteiger partial charge in [0.05, 0.1) is 5.56 Å². The third kappa shape index (κ3) is 2.27.